The fourth-order valence-electron chi connectivity index (χ4n) is 2.59. The van der Waals surface area contributed by atoms with Crippen molar-refractivity contribution in [2.75, 3.05) is 13.6 Å². The monoisotopic (exact) mass is 334 g/mol. The predicted octanol–water partition coefficient (Wildman–Crippen LogP) is 3.26. The van der Waals surface area contributed by atoms with E-state index in [-0.39, 0.29) is 6.03 Å². The Morgan fingerprint density at radius 2 is 1.72 bits per heavy atom. The third kappa shape index (κ3) is 4.70. The number of aromatic nitrogens is 2. The molecule has 25 heavy (non-hydrogen) atoms. The molecule has 5 heteroatoms. The number of rotatable bonds is 6. The second-order valence-corrected chi connectivity index (χ2v) is 5.95. The van der Waals surface area contributed by atoms with Crippen LogP contribution in [0.25, 0.3) is 5.69 Å². The minimum absolute atomic E-state index is 0.0701. The van der Waals surface area contributed by atoms with Crippen molar-refractivity contribution < 1.29 is 4.79 Å². The van der Waals surface area contributed by atoms with Crippen molar-refractivity contribution in [2.45, 2.75) is 13.0 Å². The molecule has 0 bridgehead atoms. The zero-order valence-corrected chi connectivity index (χ0v) is 14.3. The van der Waals surface area contributed by atoms with E-state index in [0.717, 1.165) is 23.2 Å². The molecule has 1 N–H and O–H groups in total. The molecule has 0 aliphatic rings. The van der Waals surface area contributed by atoms with E-state index in [1.54, 1.807) is 11.9 Å². The van der Waals surface area contributed by atoms with Gasteiger partial charge in [-0.2, -0.15) is 5.10 Å². The Balaban J connectivity index is 1.46. The summed E-state index contributed by atoms with van der Waals surface area (Å²) >= 11 is 0. The Morgan fingerprint density at radius 3 is 2.44 bits per heavy atom. The maximum atomic E-state index is 12.2. The second kappa shape index (κ2) is 8.15. The number of carbonyl (C=O) groups is 1. The van der Waals surface area contributed by atoms with Gasteiger partial charge in [0.2, 0.25) is 0 Å². The molecule has 0 spiro atoms. The van der Waals surface area contributed by atoms with E-state index in [1.807, 2.05) is 77.7 Å². The molecule has 2 aromatic carbocycles. The minimum atomic E-state index is -0.0701. The molecule has 1 heterocycles. The van der Waals surface area contributed by atoms with Crippen molar-refractivity contribution in [3.63, 3.8) is 0 Å². The van der Waals surface area contributed by atoms with Crippen LogP contribution in [-0.2, 0) is 13.0 Å². The number of nitrogens with zero attached hydrogens (tertiary/aromatic N) is 3. The van der Waals surface area contributed by atoms with E-state index in [9.17, 15) is 4.79 Å². The first-order chi connectivity index (χ1) is 12.2. The summed E-state index contributed by atoms with van der Waals surface area (Å²) in [7, 11) is 1.80. The normalized spacial score (nSPS) is 10.4. The van der Waals surface area contributed by atoms with Gasteiger partial charge in [0.05, 0.1) is 11.9 Å². The number of nitrogens with one attached hydrogen (secondary N) is 1. The van der Waals surface area contributed by atoms with E-state index in [4.69, 9.17) is 0 Å². The average Bonchev–Trinajstić information content (AvgIpc) is 3.12. The number of urea groups is 1. The Bertz CT molecular complexity index is 799. The number of para-hydroxylation sites is 1. The lowest BCUT2D eigenvalue weighted by atomic mass is 10.2. The summed E-state index contributed by atoms with van der Waals surface area (Å²) in [6.45, 7) is 1.18. The molecular weight excluding hydrogens is 312 g/mol. The molecule has 0 saturated carbocycles. The van der Waals surface area contributed by atoms with Gasteiger partial charge in [0.25, 0.3) is 0 Å². The van der Waals surface area contributed by atoms with Crippen LogP contribution in [0.5, 0.6) is 0 Å². The fraction of sp³-hybridized carbons (Fsp3) is 0.200. The summed E-state index contributed by atoms with van der Waals surface area (Å²) < 4.78 is 1.85. The van der Waals surface area contributed by atoms with Crippen LogP contribution in [0.1, 0.15) is 11.1 Å². The Hall–Kier alpha value is -3.08. The van der Waals surface area contributed by atoms with Crippen LogP contribution in [-0.4, -0.2) is 34.3 Å². The van der Waals surface area contributed by atoms with E-state index < -0.39 is 0 Å². The summed E-state index contributed by atoms with van der Waals surface area (Å²) in [5.74, 6) is 0. The topological polar surface area (TPSA) is 50.2 Å². The van der Waals surface area contributed by atoms with Gasteiger partial charge < -0.3 is 10.2 Å². The van der Waals surface area contributed by atoms with Gasteiger partial charge in [0, 0.05) is 26.3 Å². The number of carbonyl (C=O) groups excluding carboxylic acids is 1. The highest BCUT2D eigenvalue weighted by molar-refractivity contribution is 5.73. The number of hydrogen-bond donors (Lipinski definition) is 1. The molecule has 0 radical (unpaired) electrons. The van der Waals surface area contributed by atoms with Crippen molar-refractivity contribution >= 4 is 6.03 Å². The van der Waals surface area contributed by atoms with Crippen molar-refractivity contribution in [3.8, 4) is 5.69 Å². The molecule has 5 nitrogen and oxygen atoms in total. The van der Waals surface area contributed by atoms with E-state index in [1.165, 1.54) is 0 Å². The maximum absolute atomic E-state index is 12.2. The molecule has 3 rings (SSSR count). The van der Waals surface area contributed by atoms with Gasteiger partial charge in [0.1, 0.15) is 0 Å². The fourth-order valence-corrected chi connectivity index (χ4v) is 2.59. The van der Waals surface area contributed by atoms with Gasteiger partial charge in [-0.15, -0.1) is 0 Å². The summed E-state index contributed by atoms with van der Waals surface area (Å²) in [5, 5.41) is 7.32. The third-order valence-corrected chi connectivity index (χ3v) is 3.96. The van der Waals surface area contributed by atoms with Gasteiger partial charge >= 0.3 is 6.03 Å². The highest BCUT2D eigenvalue weighted by Crippen LogP contribution is 2.08. The zero-order valence-electron chi connectivity index (χ0n) is 14.3. The van der Waals surface area contributed by atoms with Crippen molar-refractivity contribution in [3.05, 3.63) is 84.2 Å². The van der Waals surface area contributed by atoms with E-state index in [0.29, 0.717) is 13.1 Å². The maximum Gasteiger partial charge on any atom is 0.317 e. The van der Waals surface area contributed by atoms with Gasteiger partial charge in [-0.05, 0) is 29.7 Å². The third-order valence-electron chi connectivity index (χ3n) is 3.96. The van der Waals surface area contributed by atoms with Crippen LogP contribution in [0.2, 0.25) is 0 Å². The lowest BCUT2D eigenvalue weighted by Crippen LogP contribution is -2.37. The van der Waals surface area contributed by atoms with Crippen molar-refractivity contribution in [1.82, 2.24) is 20.0 Å². The molecular formula is C20H22N4O. The van der Waals surface area contributed by atoms with Crippen LogP contribution in [0.15, 0.2) is 73.1 Å². The molecule has 0 saturated heterocycles. The van der Waals surface area contributed by atoms with Crippen molar-refractivity contribution in [1.29, 1.82) is 0 Å². The standard InChI is InChI=1S/C20H22N4O/c1-23(15-17-8-4-2-5-9-17)20(25)21-13-12-18-14-22-24(16-18)19-10-6-3-7-11-19/h2-11,14,16H,12-13,15H2,1H3,(H,21,25). The minimum Gasteiger partial charge on any atom is -0.338 e. The zero-order chi connectivity index (χ0) is 17.5. The van der Waals surface area contributed by atoms with Crippen LogP contribution in [0.4, 0.5) is 4.79 Å². The number of hydrogen-bond acceptors (Lipinski definition) is 2. The molecule has 0 fully saturated rings. The molecule has 0 aliphatic carbocycles. The van der Waals surface area contributed by atoms with E-state index in [2.05, 4.69) is 10.4 Å². The van der Waals surface area contributed by atoms with Gasteiger partial charge in [-0.25, -0.2) is 9.48 Å². The average molecular weight is 334 g/mol. The highest BCUT2D eigenvalue weighted by atomic mass is 16.2. The van der Waals surface area contributed by atoms with Gasteiger partial charge in [-0.1, -0.05) is 48.5 Å². The molecule has 2 amide bonds. The Morgan fingerprint density at radius 1 is 1.04 bits per heavy atom. The molecule has 0 atom stereocenters. The molecule has 3 aromatic rings. The van der Waals surface area contributed by atoms with Gasteiger partial charge in [0.15, 0.2) is 0 Å². The van der Waals surface area contributed by atoms with Crippen LogP contribution in [0.3, 0.4) is 0 Å². The SMILES string of the molecule is CN(Cc1ccccc1)C(=O)NCCc1cnn(-c2ccccc2)c1. The highest BCUT2D eigenvalue weighted by Gasteiger charge is 2.08. The second-order valence-electron chi connectivity index (χ2n) is 5.95. The number of benzene rings is 2. The van der Waals surface area contributed by atoms with Crippen LogP contribution in [0, 0.1) is 0 Å². The smallest absolute Gasteiger partial charge is 0.317 e. The Kier molecular flexibility index (Phi) is 5.46. The van der Waals surface area contributed by atoms with Crippen LogP contribution >= 0.6 is 0 Å². The lowest BCUT2D eigenvalue weighted by Gasteiger charge is -2.17. The first-order valence-electron chi connectivity index (χ1n) is 8.34. The Labute approximate surface area is 147 Å². The van der Waals surface area contributed by atoms with Gasteiger partial charge in [-0.3, -0.25) is 0 Å². The molecule has 0 aliphatic heterocycles. The molecule has 128 valence electrons. The largest absolute Gasteiger partial charge is 0.338 e. The summed E-state index contributed by atoms with van der Waals surface area (Å²) in [6.07, 6.45) is 4.58. The van der Waals surface area contributed by atoms with E-state index >= 15 is 0 Å². The van der Waals surface area contributed by atoms with Crippen molar-refractivity contribution in [2.24, 2.45) is 0 Å². The quantitative estimate of drug-likeness (QED) is 0.752. The lowest BCUT2D eigenvalue weighted by molar-refractivity contribution is 0.207. The summed E-state index contributed by atoms with van der Waals surface area (Å²) in [4.78, 5) is 13.8. The number of amides is 2. The molecule has 0 unspecified atom stereocenters. The summed E-state index contributed by atoms with van der Waals surface area (Å²) in [6, 6.07) is 19.9. The summed E-state index contributed by atoms with van der Waals surface area (Å²) in [5.41, 5.74) is 3.24. The first-order valence-corrected chi connectivity index (χ1v) is 8.34. The predicted molar refractivity (Wildman–Crippen MR) is 98.6 cm³/mol. The molecule has 1 aromatic heterocycles. The van der Waals surface area contributed by atoms with Crippen LogP contribution < -0.4 is 5.32 Å². The first kappa shape index (κ1) is 16.8.